The fourth-order valence-corrected chi connectivity index (χ4v) is 2.25. The van der Waals surface area contributed by atoms with Crippen LogP contribution in [0.25, 0.3) is 0 Å². The average Bonchev–Trinajstić information content (AvgIpc) is 2.35. The third kappa shape index (κ3) is 4.08. The van der Waals surface area contributed by atoms with E-state index in [0.29, 0.717) is 12.1 Å². The molecule has 100 valence electrons. The Kier molecular flexibility index (Phi) is 4.53. The Labute approximate surface area is 114 Å². The van der Waals surface area contributed by atoms with Gasteiger partial charge in [-0.3, -0.25) is 9.69 Å². The number of anilines is 1. The zero-order valence-electron chi connectivity index (χ0n) is 11.2. The Morgan fingerprint density at radius 1 is 1.42 bits per heavy atom. The molecule has 0 unspecified atom stereocenters. The van der Waals surface area contributed by atoms with Gasteiger partial charge < -0.3 is 5.32 Å². The smallest absolute Gasteiger partial charge is 0.238 e. The molecule has 1 aromatic rings. The second-order valence-corrected chi connectivity index (χ2v) is 5.23. The zero-order valence-corrected chi connectivity index (χ0v) is 11.2. The molecule has 1 fully saturated rings. The summed E-state index contributed by atoms with van der Waals surface area (Å²) in [5.74, 6) is 0.763. The van der Waals surface area contributed by atoms with Crippen molar-refractivity contribution in [3.63, 3.8) is 0 Å². The first-order valence-corrected chi connectivity index (χ1v) is 6.66. The molecule has 1 aliphatic carbocycles. The fraction of sp³-hybridized carbons (Fsp3) is 0.467. The van der Waals surface area contributed by atoms with Gasteiger partial charge in [-0.2, -0.15) is 5.26 Å². The minimum atomic E-state index is -0.00784. The number of benzene rings is 1. The van der Waals surface area contributed by atoms with Crippen LogP contribution in [0.1, 0.15) is 24.8 Å². The third-order valence-electron chi connectivity index (χ3n) is 3.51. The first kappa shape index (κ1) is 13.6. The number of carbonyl (C=O) groups is 1. The minimum absolute atomic E-state index is 0.00784. The standard InChI is InChI=1S/C15H19N3O/c1-18(10-13-3-2-4-13)11-15(19)17-14-7-5-12(9-16)6-8-14/h5-8,13H,2-4,10-11H2,1H3,(H,17,19). The molecule has 0 saturated heterocycles. The van der Waals surface area contributed by atoms with E-state index < -0.39 is 0 Å². The maximum absolute atomic E-state index is 11.8. The van der Waals surface area contributed by atoms with Crippen LogP contribution in [0.5, 0.6) is 0 Å². The Morgan fingerprint density at radius 2 is 2.11 bits per heavy atom. The molecule has 2 rings (SSSR count). The Hall–Kier alpha value is -1.86. The molecule has 19 heavy (non-hydrogen) atoms. The van der Waals surface area contributed by atoms with Crippen LogP contribution in [-0.2, 0) is 4.79 Å². The Bertz CT molecular complexity index is 471. The van der Waals surface area contributed by atoms with Crippen LogP contribution in [0.3, 0.4) is 0 Å². The summed E-state index contributed by atoms with van der Waals surface area (Å²) >= 11 is 0. The normalized spacial score (nSPS) is 14.8. The van der Waals surface area contributed by atoms with Crippen LogP contribution in [0.15, 0.2) is 24.3 Å². The van der Waals surface area contributed by atoms with Gasteiger partial charge in [0.15, 0.2) is 0 Å². The van der Waals surface area contributed by atoms with Crippen molar-refractivity contribution < 1.29 is 4.79 Å². The van der Waals surface area contributed by atoms with Crippen LogP contribution in [-0.4, -0.2) is 30.9 Å². The lowest BCUT2D eigenvalue weighted by Crippen LogP contribution is -2.35. The maximum atomic E-state index is 11.8. The summed E-state index contributed by atoms with van der Waals surface area (Å²) in [5.41, 5.74) is 1.33. The Morgan fingerprint density at radius 3 is 2.63 bits per heavy atom. The van der Waals surface area contributed by atoms with Crippen molar-refractivity contribution in [2.24, 2.45) is 5.92 Å². The SMILES string of the molecule is CN(CC(=O)Nc1ccc(C#N)cc1)CC1CCC1. The summed E-state index contributed by atoms with van der Waals surface area (Å²) in [4.78, 5) is 13.9. The van der Waals surface area contributed by atoms with E-state index in [1.165, 1.54) is 19.3 Å². The van der Waals surface area contributed by atoms with Gasteiger partial charge in [0.25, 0.3) is 0 Å². The van der Waals surface area contributed by atoms with Gasteiger partial charge in [-0.1, -0.05) is 6.42 Å². The second-order valence-electron chi connectivity index (χ2n) is 5.23. The second kappa shape index (κ2) is 6.35. The third-order valence-corrected chi connectivity index (χ3v) is 3.51. The summed E-state index contributed by atoms with van der Waals surface area (Å²) in [6.45, 7) is 1.41. The van der Waals surface area contributed by atoms with Crippen LogP contribution in [0.2, 0.25) is 0 Å². The molecule has 0 spiro atoms. The molecule has 1 amide bonds. The average molecular weight is 257 g/mol. The number of likely N-dealkylation sites (N-methyl/N-ethyl adjacent to an activating group) is 1. The van der Waals surface area contributed by atoms with Crippen LogP contribution in [0.4, 0.5) is 5.69 Å². The van der Waals surface area contributed by atoms with Crippen molar-refractivity contribution in [3.8, 4) is 6.07 Å². The molecule has 1 aromatic carbocycles. The highest BCUT2D eigenvalue weighted by atomic mass is 16.2. The van der Waals surface area contributed by atoms with Crippen LogP contribution >= 0.6 is 0 Å². The van der Waals surface area contributed by atoms with E-state index in [4.69, 9.17) is 5.26 Å². The van der Waals surface area contributed by atoms with Gasteiger partial charge in [0.2, 0.25) is 5.91 Å². The highest BCUT2D eigenvalue weighted by Gasteiger charge is 2.19. The molecule has 1 aliphatic rings. The molecule has 0 aromatic heterocycles. The summed E-state index contributed by atoms with van der Waals surface area (Å²) in [7, 11) is 1.98. The van der Waals surface area contributed by atoms with Crippen molar-refractivity contribution in [2.45, 2.75) is 19.3 Å². The van der Waals surface area contributed by atoms with Crippen LogP contribution in [0, 0.1) is 17.2 Å². The van der Waals surface area contributed by atoms with Gasteiger partial charge in [-0.15, -0.1) is 0 Å². The number of nitrogens with one attached hydrogen (secondary N) is 1. The van der Waals surface area contributed by atoms with Crippen LogP contribution < -0.4 is 5.32 Å². The van der Waals surface area contributed by atoms with Crippen molar-refractivity contribution in [3.05, 3.63) is 29.8 Å². The summed E-state index contributed by atoms with van der Waals surface area (Å²) < 4.78 is 0. The van der Waals surface area contributed by atoms with E-state index in [9.17, 15) is 4.79 Å². The van der Waals surface area contributed by atoms with Gasteiger partial charge in [0.1, 0.15) is 0 Å². The van der Waals surface area contributed by atoms with Crippen molar-refractivity contribution in [2.75, 3.05) is 25.5 Å². The van der Waals surface area contributed by atoms with E-state index in [1.807, 2.05) is 7.05 Å². The van der Waals surface area contributed by atoms with Gasteiger partial charge >= 0.3 is 0 Å². The molecule has 0 heterocycles. The summed E-state index contributed by atoms with van der Waals surface area (Å²) in [6, 6.07) is 8.96. The van der Waals surface area contributed by atoms with E-state index in [1.54, 1.807) is 24.3 Å². The van der Waals surface area contributed by atoms with Crippen molar-refractivity contribution in [1.82, 2.24) is 4.90 Å². The predicted octanol–water partition coefficient (Wildman–Crippen LogP) is 2.23. The van der Waals surface area contributed by atoms with E-state index >= 15 is 0 Å². The van der Waals surface area contributed by atoms with E-state index in [2.05, 4.69) is 16.3 Å². The first-order chi connectivity index (χ1) is 9.17. The van der Waals surface area contributed by atoms with Gasteiger partial charge in [0, 0.05) is 12.2 Å². The molecule has 1 N–H and O–H groups in total. The predicted molar refractivity (Wildman–Crippen MR) is 74.6 cm³/mol. The highest BCUT2D eigenvalue weighted by Crippen LogP contribution is 2.26. The number of hydrogen-bond acceptors (Lipinski definition) is 3. The van der Waals surface area contributed by atoms with Gasteiger partial charge in [-0.05, 0) is 50.1 Å². The lowest BCUT2D eigenvalue weighted by Gasteiger charge is -2.29. The lowest BCUT2D eigenvalue weighted by atomic mass is 9.85. The molecule has 0 atom stereocenters. The van der Waals surface area contributed by atoms with E-state index in [0.717, 1.165) is 18.2 Å². The molecular weight excluding hydrogens is 238 g/mol. The van der Waals surface area contributed by atoms with Crippen molar-refractivity contribution in [1.29, 1.82) is 5.26 Å². The topological polar surface area (TPSA) is 56.1 Å². The summed E-state index contributed by atoms with van der Waals surface area (Å²) in [5, 5.41) is 11.5. The molecule has 0 radical (unpaired) electrons. The number of hydrogen-bond donors (Lipinski definition) is 1. The fourth-order valence-electron chi connectivity index (χ4n) is 2.25. The zero-order chi connectivity index (χ0) is 13.7. The number of carbonyl (C=O) groups excluding carboxylic acids is 1. The van der Waals surface area contributed by atoms with Gasteiger partial charge in [0.05, 0.1) is 18.2 Å². The molecule has 4 nitrogen and oxygen atoms in total. The molecule has 0 bridgehead atoms. The van der Waals surface area contributed by atoms with E-state index in [-0.39, 0.29) is 5.91 Å². The number of nitriles is 1. The molecule has 1 saturated carbocycles. The van der Waals surface area contributed by atoms with Crippen molar-refractivity contribution >= 4 is 11.6 Å². The Balaban J connectivity index is 1.77. The maximum Gasteiger partial charge on any atom is 0.238 e. The molecule has 4 heteroatoms. The lowest BCUT2D eigenvalue weighted by molar-refractivity contribution is -0.117. The summed E-state index contributed by atoms with van der Waals surface area (Å²) in [6.07, 6.45) is 3.92. The number of nitrogens with zero attached hydrogens (tertiary/aromatic N) is 2. The first-order valence-electron chi connectivity index (χ1n) is 6.66. The quantitative estimate of drug-likeness (QED) is 0.880. The van der Waals surface area contributed by atoms with Gasteiger partial charge in [-0.25, -0.2) is 0 Å². The minimum Gasteiger partial charge on any atom is -0.325 e. The molecule has 0 aliphatic heterocycles. The highest BCUT2D eigenvalue weighted by molar-refractivity contribution is 5.92. The number of amides is 1. The molecular formula is C15H19N3O. The number of rotatable bonds is 5. The monoisotopic (exact) mass is 257 g/mol. The largest absolute Gasteiger partial charge is 0.325 e.